The molecule has 1 aromatic rings. The second kappa shape index (κ2) is 4.72. The van der Waals surface area contributed by atoms with Crippen LogP contribution in [0.2, 0.25) is 0 Å². The zero-order valence-electron chi connectivity index (χ0n) is 8.81. The van der Waals surface area contributed by atoms with Gasteiger partial charge in [-0.3, -0.25) is 0 Å². The summed E-state index contributed by atoms with van der Waals surface area (Å²) in [6, 6.07) is 0. The van der Waals surface area contributed by atoms with Gasteiger partial charge < -0.3 is 9.47 Å². The SMILES string of the molecule is COc1ncc(C)c(C(F)F)c1OC(F)(F)F. The van der Waals surface area contributed by atoms with Gasteiger partial charge in [0, 0.05) is 6.20 Å². The Balaban J connectivity index is 3.35. The molecule has 1 aromatic heterocycles. The molecule has 0 amide bonds. The molecule has 0 radical (unpaired) electrons. The lowest BCUT2D eigenvalue weighted by atomic mass is 10.1. The quantitative estimate of drug-likeness (QED) is 0.779. The van der Waals surface area contributed by atoms with E-state index in [1.165, 1.54) is 6.92 Å². The van der Waals surface area contributed by atoms with E-state index < -0.39 is 30.0 Å². The fourth-order valence-corrected chi connectivity index (χ4v) is 1.21. The molecule has 0 fully saturated rings. The minimum atomic E-state index is -5.09. The van der Waals surface area contributed by atoms with Crippen LogP contribution in [0.3, 0.4) is 0 Å². The van der Waals surface area contributed by atoms with E-state index in [0.29, 0.717) is 0 Å². The number of methoxy groups -OCH3 is 1. The van der Waals surface area contributed by atoms with Gasteiger partial charge in [0.25, 0.3) is 12.3 Å². The minimum absolute atomic E-state index is 0.111. The van der Waals surface area contributed by atoms with E-state index in [2.05, 4.69) is 14.5 Å². The van der Waals surface area contributed by atoms with Crippen molar-refractivity contribution >= 4 is 0 Å². The zero-order chi connectivity index (χ0) is 13.2. The lowest BCUT2D eigenvalue weighted by Gasteiger charge is -2.16. The number of ether oxygens (including phenoxy) is 2. The molecule has 0 atom stereocenters. The van der Waals surface area contributed by atoms with Crippen molar-refractivity contribution in [2.24, 2.45) is 0 Å². The number of alkyl halides is 5. The molecule has 0 N–H and O–H groups in total. The maximum atomic E-state index is 12.6. The van der Waals surface area contributed by atoms with Crippen LogP contribution in [0.4, 0.5) is 22.0 Å². The maximum absolute atomic E-state index is 12.6. The van der Waals surface area contributed by atoms with E-state index in [1.54, 1.807) is 0 Å². The van der Waals surface area contributed by atoms with Crippen molar-refractivity contribution in [1.82, 2.24) is 4.98 Å². The van der Waals surface area contributed by atoms with E-state index >= 15 is 0 Å². The lowest BCUT2D eigenvalue weighted by molar-refractivity contribution is -0.275. The van der Waals surface area contributed by atoms with Crippen molar-refractivity contribution in [2.75, 3.05) is 7.11 Å². The highest BCUT2D eigenvalue weighted by molar-refractivity contribution is 5.46. The average molecular weight is 257 g/mol. The molecular weight excluding hydrogens is 249 g/mol. The van der Waals surface area contributed by atoms with E-state index in [1.807, 2.05) is 0 Å². The van der Waals surface area contributed by atoms with Crippen molar-refractivity contribution in [3.8, 4) is 11.6 Å². The third-order valence-electron chi connectivity index (χ3n) is 1.87. The summed E-state index contributed by atoms with van der Waals surface area (Å²) in [5, 5.41) is 0. The van der Waals surface area contributed by atoms with Crippen LogP contribution in [0.25, 0.3) is 0 Å². The summed E-state index contributed by atoms with van der Waals surface area (Å²) in [5.74, 6) is -1.74. The first-order chi connectivity index (χ1) is 7.76. The summed E-state index contributed by atoms with van der Waals surface area (Å²) < 4.78 is 69.5. The first-order valence-electron chi connectivity index (χ1n) is 4.33. The molecular formula is C9H8F5NO2. The molecule has 0 saturated carbocycles. The van der Waals surface area contributed by atoms with Crippen LogP contribution in [0.1, 0.15) is 17.6 Å². The number of pyridine rings is 1. The van der Waals surface area contributed by atoms with Gasteiger partial charge in [-0.05, 0) is 12.5 Å². The van der Waals surface area contributed by atoms with E-state index in [0.717, 1.165) is 13.3 Å². The highest BCUT2D eigenvalue weighted by Gasteiger charge is 2.36. The van der Waals surface area contributed by atoms with Crippen LogP contribution in [0.5, 0.6) is 11.6 Å². The predicted molar refractivity (Wildman–Crippen MR) is 47.2 cm³/mol. The Bertz CT molecular complexity index is 405. The number of aryl methyl sites for hydroxylation is 1. The summed E-state index contributed by atoms with van der Waals surface area (Å²) in [5.41, 5.74) is -0.991. The number of halogens is 5. The van der Waals surface area contributed by atoms with Gasteiger partial charge in [-0.15, -0.1) is 13.2 Å². The van der Waals surface area contributed by atoms with Crippen molar-refractivity contribution < 1.29 is 31.4 Å². The molecule has 96 valence electrons. The molecule has 0 aromatic carbocycles. The average Bonchev–Trinajstić information content (AvgIpc) is 2.15. The summed E-state index contributed by atoms with van der Waals surface area (Å²) in [4.78, 5) is 3.44. The predicted octanol–water partition coefficient (Wildman–Crippen LogP) is 3.23. The third kappa shape index (κ3) is 3.18. The Morgan fingerprint density at radius 1 is 1.29 bits per heavy atom. The molecule has 1 rings (SSSR count). The van der Waals surface area contributed by atoms with Crippen LogP contribution in [-0.2, 0) is 0 Å². The summed E-state index contributed by atoms with van der Waals surface area (Å²) in [6.07, 6.45) is -7.22. The fourth-order valence-electron chi connectivity index (χ4n) is 1.21. The number of aromatic nitrogens is 1. The number of hydrogen-bond donors (Lipinski definition) is 0. The largest absolute Gasteiger partial charge is 0.573 e. The molecule has 0 aliphatic rings. The number of nitrogens with zero attached hydrogens (tertiary/aromatic N) is 1. The highest BCUT2D eigenvalue weighted by Crippen LogP contribution is 2.40. The minimum Gasteiger partial charge on any atom is -0.478 e. The number of hydrogen-bond acceptors (Lipinski definition) is 3. The second-order valence-corrected chi connectivity index (χ2v) is 3.04. The fraction of sp³-hybridized carbons (Fsp3) is 0.444. The number of rotatable bonds is 3. The standard InChI is InChI=1S/C9H8F5NO2/c1-4-3-15-8(16-2)6(5(4)7(10)11)17-9(12,13)14/h3,7H,1-2H3. The van der Waals surface area contributed by atoms with Crippen LogP contribution in [0, 0.1) is 6.92 Å². The molecule has 0 aliphatic heterocycles. The van der Waals surface area contributed by atoms with Crippen molar-refractivity contribution in [3.05, 3.63) is 17.3 Å². The summed E-state index contributed by atoms with van der Waals surface area (Å²) >= 11 is 0. The van der Waals surface area contributed by atoms with Crippen molar-refractivity contribution in [2.45, 2.75) is 19.7 Å². The third-order valence-corrected chi connectivity index (χ3v) is 1.87. The van der Waals surface area contributed by atoms with Crippen LogP contribution >= 0.6 is 0 Å². The van der Waals surface area contributed by atoms with Gasteiger partial charge in [-0.25, -0.2) is 13.8 Å². The van der Waals surface area contributed by atoms with Gasteiger partial charge in [0.1, 0.15) is 0 Å². The molecule has 0 unspecified atom stereocenters. The van der Waals surface area contributed by atoms with Crippen molar-refractivity contribution in [1.29, 1.82) is 0 Å². The highest BCUT2D eigenvalue weighted by atomic mass is 19.4. The summed E-state index contributed by atoms with van der Waals surface area (Å²) in [7, 11) is 1.01. The Labute approximate surface area is 93.2 Å². The normalized spacial score (nSPS) is 11.8. The Morgan fingerprint density at radius 3 is 2.29 bits per heavy atom. The second-order valence-electron chi connectivity index (χ2n) is 3.04. The zero-order valence-corrected chi connectivity index (χ0v) is 8.81. The Morgan fingerprint density at radius 2 is 1.88 bits per heavy atom. The maximum Gasteiger partial charge on any atom is 0.573 e. The smallest absolute Gasteiger partial charge is 0.478 e. The molecule has 1 heterocycles. The molecule has 8 heteroatoms. The summed E-state index contributed by atoms with van der Waals surface area (Å²) in [6.45, 7) is 1.21. The van der Waals surface area contributed by atoms with Crippen LogP contribution in [-0.4, -0.2) is 18.5 Å². The first-order valence-corrected chi connectivity index (χ1v) is 4.33. The van der Waals surface area contributed by atoms with Gasteiger partial charge >= 0.3 is 6.36 Å². The van der Waals surface area contributed by atoms with Gasteiger partial charge in [0.05, 0.1) is 12.7 Å². The Kier molecular flexibility index (Phi) is 3.74. The van der Waals surface area contributed by atoms with Crippen LogP contribution < -0.4 is 9.47 Å². The molecule has 0 spiro atoms. The Hall–Kier alpha value is -1.60. The van der Waals surface area contributed by atoms with E-state index in [-0.39, 0.29) is 5.56 Å². The van der Waals surface area contributed by atoms with Crippen LogP contribution in [0.15, 0.2) is 6.20 Å². The first kappa shape index (κ1) is 13.5. The van der Waals surface area contributed by atoms with Crippen molar-refractivity contribution in [3.63, 3.8) is 0 Å². The van der Waals surface area contributed by atoms with Gasteiger partial charge in [0.2, 0.25) is 5.75 Å². The molecule has 17 heavy (non-hydrogen) atoms. The van der Waals surface area contributed by atoms with Gasteiger partial charge in [-0.2, -0.15) is 0 Å². The van der Waals surface area contributed by atoms with E-state index in [4.69, 9.17) is 0 Å². The monoisotopic (exact) mass is 257 g/mol. The molecule has 0 bridgehead atoms. The van der Waals surface area contributed by atoms with Gasteiger partial charge in [0.15, 0.2) is 0 Å². The topological polar surface area (TPSA) is 31.4 Å². The van der Waals surface area contributed by atoms with E-state index in [9.17, 15) is 22.0 Å². The van der Waals surface area contributed by atoms with Gasteiger partial charge in [-0.1, -0.05) is 0 Å². The molecule has 3 nitrogen and oxygen atoms in total. The molecule has 0 saturated heterocycles. The lowest BCUT2D eigenvalue weighted by Crippen LogP contribution is -2.19. The molecule has 0 aliphatic carbocycles.